The van der Waals surface area contributed by atoms with Crippen LogP contribution in [0, 0.1) is 5.92 Å². The van der Waals surface area contributed by atoms with E-state index in [4.69, 9.17) is 9.47 Å². The van der Waals surface area contributed by atoms with Crippen molar-refractivity contribution in [3.8, 4) is 10.9 Å². The van der Waals surface area contributed by atoms with Crippen LogP contribution < -0.4 is 14.8 Å². The summed E-state index contributed by atoms with van der Waals surface area (Å²) in [5.41, 5.74) is 1.97. The second-order valence-electron chi connectivity index (χ2n) is 5.15. The van der Waals surface area contributed by atoms with Crippen molar-refractivity contribution in [3.63, 3.8) is 0 Å². The minimum atomic E-state index is -0.0368. The van der Waals surface area contributed by atoms with Crippen LogP contribution in [0.15, 0.2) is 12.5 Å². The van der Waals surface area contributed by atoms with Crippen LogP contribution in [0.5, 0.6) is 10.9 Å². The maximum Gasteiger partial charge on any atom is 0.233 e. The molecule has 0 bridgehead atoms. The van der Waals surface area contributed by atoms with E-state index in [9.17, 15) is 4.79 Å². The predicted octanol–water partition coefficient (Wildman–Crippen LogP) is 1.24. The highest BCUT2D eigenvalue weighted by Crippen LogP contribution is 2.32. The largest absolute Gasteiger partial charge is 0.486 e. The van der Waals surface area contributed by atoms with Crippen molar-refractivity contribution in [2.24, 2.45) is 5.92 Å². The minimum Gasteiger partial charge on any atom is -0.486 e. The number of nitrogens with zero attached hydrogens (tertiary/aromatic N) is 3. The molecule has 1 amide bonds. The van der Waals surface area contributed by atoms with Gasteiger partial charge >= 0.3 is 0 Å². The Hall–Kier alpha value is -2.09. The van der Waals surface area contributed by atoms with Crippen molar-refractivity contribution in [1.29, 1.82) is 0 Å². The van der Waals surface area contributed by atoms with Crippen LogP contribution in [-0.4, -0.2) is 34.1 Å². The second-order valence-corrected chi connectivity index (χ2v) is 5.89. The van der Waals surface area contributed by atoms with Gasteiger partial charge in [-0.15, -0.1) is 0 Å². The van der Waals surface area contributed by atoms with Gasteiger partial charge in [0.15, 0.2) is 0 Å². The zero-order valence-electron chi connectivity index (χ0n) is 12.5. The first-order chi connectivity index (χ1) is 10.7. The van der Waals surface area contributed by atoms with Crippen molar-refractivity contribution >= 4 is 17.4 Å². The molecule has 0 saturated heterocycles. The number of rotatable bonds is 5. The van der Waals surface area contributed by atoms with Crippen molar-refractivity contribution in [1.82, 2.24) is 19.2 Å². The maximum atomic E-state index is 12.4. The molecule has 1 unspecified atom stereocenters. The summed E-state index contributed by atoms with van der Waals surface area (Å²) in [7, 11) is 3.14. The Labute approximate surface area is 132 Å². The van der Waals surface area contributed by atoms with Gasteiger partial charge in [0.05, 0.1) is 38.6 Å². The van der Waals surface area contributed by atoms with E-state index >= 15 is 0 Å². The van der Waals surface area contributed by atoms with Gasteiger partial charge in [0.25, 0.3) is 0 Å². The molecule has 7 nitrogen and oxygen atoms in total. The molecule has 1 aliphatic heterocycles. The number of ether oxygens (including phenoxy) is 2. The number of carbonyl (C=O) groups is 1. The molecule has 1 N–H and O–H groups in total. The second kappa shape index (κ2) is 6.35. The molecule has 22 heavy (non-hydrogen) atoms. The lowest BCUT2D eigenvalue weighted by atomic mass is 9.97. The highest BCUT2D eigenvalue weighted by atomic mass is 32.1. The highest BCUT2D eigenvalue weighted by Gasteiger charge is 2.25. The van der Waals surface area contributed by atoms with Crippen molar-refractivity contribution < 1.29 is 14.3 Å². The minimum absolute atomic E-state index is 0.0367. The Kier molecular flexibility index (Phi) is 4.28. The van der Waals surface area contributed by atoms with Gasteiger partial charge in [-0.05, 0) is 12.8 Å². The third-order valence-electron chi connectivity index (χ3n) is 3.87. The summed E-state index contributed by atoms with van der Waals surface area (Å²) in [5.74, 6) is 0.502. The van der Waals surface area contributed by atoms with Crippen LogP contribution in [0.1, 0.15) is 17.7 Å². The molecule has 0 radical (unpaired) electrons. The van der Waals surface area contributed by atoms with Gasteiger partial charge in [-0.3, -0.25) is 4.79 Å². The highest BCUT2D eigenvalue weighted by molar-refractivity contribution is 7.08. The number of carbonyl (C=O) groups excluding carboxylic acids is 1. The smallest absolute Gasteiger partial charge is 0.233 e. The summed E-state index contributed by atoms with van der Waals surface area (Å²) < 4.78 is 16.6. The summed E-state index contributed by atoms with van der Waals surface area (Å²) in [6.45, 7) is 1.03. The number of aryl methyl sites for hydroxylation is 1. The number of imidazole rings is 1. The van der Waals surface area contributed by atoms with Gasteiger partial charge in [0.2, 0.25) is 16.9 Å². The summed E-state index contributed by atoms with van der Waals surface area (Å²) in [5, 5.41) is 3.63. The molecule has 118 valence electrons. The van der Waals surface area contributed by atoms with Crippen LogP contribution in [-0.2, 0) is 24.3 Å². The zero-order chi connectivity index (χ0) is 15.5. The van der Waals surface area contributed by atoms with Gasteiger partial charge in [0.1, 0.15) is 0 Å². The van der Waals surface area contributed by atoms with Gasteiger partial charge < -0.3 is 19.4 Å². The SMILES string of the molecule is COc1nsc(OC)c1CNC(=O)C1CCc2cncn2C1. The molecule has 0 aromatic carbocycles. The lowest BCUT2D eigenvalue weighted by Crippen LogP contribution is -2.35. The van der Waals surface area contributed by atoms with E-state index in [-0.39, 0.29) is 11.8 Å². The third-order valence-corrected chi connectivity index (χ3v) is 4.71. The number of methoxy groups -OCH3 is 2. The van der Waals surface area contributed by atoms with E-state index in [2.05, 4.69) is 14.7 Å². The molecule has 2 aromatic heterocycles. The Bertz CT molecular complexity index is 645. The molecular formula is C14H18N4O3S. The molecule has 1 aliphatic rings. The quantitative estimate of drug-likeness (QED) is 0.896. The van der Waals surface area contributed by atoms with Gasteiger partial charge in [-0.2, -0.15) is 4.37 Å². The first kappa shape index (κ1) is 14.8. The van der Waals surface area contributed by atoms with Crippen LogP contribution in [0.2, 0.25) is 0 Å². The number of aromatic nitrogens is 3. The van der Waals surface area contributed by atoms with Gasteiger partial charge in [-0.1, -0.05) is 0 Å². The van der Waals surface area contributed by atoms with Gasteiger partial charge in [-0.25, -0.2) is 4.98 Å². The fourth-order valence-electron chi connectivity index (χ4n) is 2.65. The van der Waals surface area contributed by atoms with Crippen LogP contribution >= 0.6 is 11.5 Å². The number of hydrogen-bond donors (Lipinski definition) is 1. The predicted molar refractivity (Wildman–Crippen MR) is 81.1 cm³/mol. The topological polar surface area (TPSA) is 78.3 Å². The summed E-state index contributed by atoms with van der Waals surface area (Å²) >= 11 is 1.22. The Balaban J connectivity index is 1.62. The normalized spacial score (nSPS) is 16.9. The van der Waals surface area contributed by atoms with Crippen molar-refractivity contribution in [3.05, 3.63) is 23.8 Å². The molecule has 2 aromatic rings. The number of amides is 1. The van der Waals surface area contributed by atoms with Gasteiger partial charge in [0, 0.05) is 30.0 Å². The molecule has 3 rings (SSSR count). The number of nitrogens with one attached hydrogen (secondary N) is 1. The molecule has 0 saturated carbocycles. The van der Waals surface area contributed by atoms with Crippen LogP contribution in [0.25, 0.3) is 0 Å². The van der Waals surface area contributed by atoms with E-state index in [0.717, 1.165) is 18.4 Å². The molecule has 0 spiro atoms. The number of hydrogen-bond acceptors (Lipinski definition) is 6. The lowest BCUT2D eigenvalue weighted by Gasteiger charge is -2.23. The zero-order valence-corrected chi connectivity index (χ0v) is 13.4. The summed E-state index contributed by atoms with van der Waals surface area (Å²) in [4.78, 5) is 16.5. The lowest BCUT2D eigenvalue weighted by molar-refractivity contribution is -0.126. The Morgan fingerprint density at radius 2 is 2.36 bits per heavy atom. The molecule has 1 atom stereocenters. The molecular weight excluding hydrogens is 304 g/mol. The van der Waals surface area contributed by atoms with E-state index in [1.807, 2.05) is 10.8 Å². The average Bonchev–Trinajstić information content (AvgIpc) is 3.17. The average molecular weight is 322 g/mol. The van der Waals surface area contributed by atoms with Crippen LogP contribution in [0.4, 0.5) is 0 Å². The molecule has 0 aliphatic carbocycles. The van der Waals surface area contributed by atoms with Crippen molar-refractivity contribution in [2.75, 3.05) is 14.2 Å². The van der Waals surface area contributed by atoms with Crippen LogP contribution in [0.3, 0.4) is 0 Å². The molecule has 8 heteroatoms. The fourth-order valence-corrected chi connectivity index (χ4v) is 3.35. The Morgan fingerprint density at radius 3 is 3.14 bits per heavy atom. The number of fused-ring (bicyclic) bond motifs is 1. The van der Waals surface area contributed by atoms with Crippen molar-refractivity contribution in [2.45, 2.75) is 25.9 Å². The van der Waals surface area contributed by atoms with E-state index < -0.39 is 0 Å². The molecule has 0 fully saturated rings. The molecule has 3 heterocycles. The third kappa shape index (κ3) is 2.78. The fraction of sp³-hybridized carbons (Fsp3) is 0.500. The first-order valence-electron chi connectivity index (χ1n) is 7.06. The summed E-state index contributed by atoms with van der Waals surface area (Å²) in [6, 6.07) is 0. The van der Waals surface area contributed by atoms with E-state index in [0.29, 0.717) is 24.0 Å². The standard InChI is InChI=1S/C14H18N4O3S/c1-20-13-11(14(21-2)22-17-13)6-16-12(19)9-3-4-10-5-15-8-18(10)7-9/h5,8-9H,3-4,6-7H2,1-2H3,(H,16,19). The maximum absolute atomic E-state index is 12.4. The van der Waals surface area contributed by atoms with E-state index in [1.165, 1.54) is 17.2 Å². The first-order valence-corrected chi connectivity index (χ1v) is 7.83. The monoisotopic (exact) mass is 322 g/mol. The summed E-state index contributed by atoms with van der Waals surface area (Å²) in [6.07, 6.45) is 5.36. The van der Waals surface area contributed by atoms with E-state index in [1.54, 1.807) is 20.5 Å². The Morgan fingerprint density at radius 1 is 1.50 bits per heavy atom.